The van der Waals surface area contributed by atoms with Crippen LogP contribution >= 0.6 is 7.60 Å². The van der Waals surface area contributed by atoms with E-state index in [0.717, 1.165) is 0 Å². The molecule has 0 aliphatic heterocycles. The molecule has 17 heavy (non-hydrogen) atoms. The van der Waals surface area contributed by atoms with Gasteiger partial charge < -0.3 is 15.5 Å². The molecule has 0 atom stereocenters. The predicted octanol–water partition coefficient (Wildman–Crippen LogP) is -0.494. The van der Waals surface area contributed by atoms with Crippen LogP contribution in [0, 0.1) is 0 Å². The molecular weight excluding hydrogens is 247 g/mol. The normalized spacial score (nSPS) is 11.9. The summed E-state index contributed by atoms with van der Waals surface area (Å²) in [6, 6.07) is 1.44. The van der Waals surface area contributed by atoms with Crippen LogP contribution in [0.3, 0.4) is 0 Å². The molecule has 0 unspecified atom stereocenters. The van der Waals surface area contributed by atoms with Gasteiger partial charge in [-0.2, -0.15) is 0 Å². The Morgan fingerprint density at radius 2 is 2.18 bits per heavy atom. The number of primary amides is 1. The summed E-state index contributed by atoms with van der Waals surface area (Å²) in [4.78, 5) is 36.2. The summed E-state index contributed by atoms with van der Waals surface area (Å²) >= 11 is 0. The van der Waals surface area contributed by atoms with Gasteiger partial charge in [0.1, 0.15) is 5.69 Å². The Morgan fingerprint density at radius 3 is 2.76 bits per heavy atom. The quantitative estimate of drug-likeness (QED) is 0.635. The van der Waals surface area contributed by atoms with E-state index in [1.54, 1.807) is 0 Å². The van der Waals surface area contributed by atoms with Gasteiger partial charge in [-0.1, -0.05) is 0 Å². The molecule has 4 N–H and O–H groups in total. The van der Waals surface area contributed by atoms with Gasteiger partial charge in [0.2, 0.25) is 5.78 Å². The smallest absolute Gasteiger partial charge is 0.331 e. The molecule has 0 fully saturated rings. The molecule has 0 spiro atoms. The third-order valence-corrected chi connectivity index (χ3v) is 2.74. The second-order valence-corrected chi connectivity index (χ2v) is 5.08. The Balaban J connectivity index is 2.43. The van der Waals surface area contributed by atoms with E-state index in [-0.39, 0.29) is 17.2 Å². The second kappa shape index (κ2) is 3.92. The van der Waals surface area contributed by atoms with Crippen molar-refractivity contribution in [2.45, 2.75) is 6.16 Å². The topological polar surface area (TPSA) is 131 Å². The molecule has 1 amide bonds. The van der Waals surface area contributed by atoms with Crippen LogP contribution in [0.5, 0.6) is 0 Å². The second-order valence-electron chi connectivity index (χ2n) is 3.44. The highest BCUT2D eigenvalue weighted by Crippen LogP contribution is 2.38. The summed E-state index contributed by atoms with van der Waals surface area (Å²) in [5.41, 5.74) is 5.30. The van der Waals surface area contributed by atoms with Gasteiger partial charge in [0.15, 0.2) is 0 Å². The number of carbonyl (C=O) groups excluding carboxylic acids is 1. The number of hydrogen-bond donors (Lipinski definition) is 3. The molecule has 0 aromatic carbocycles. The Bertz CT molecular complexity index is 631. The zero-order chi connectivity index (χ0) is 12.6. The molecule has 2 rings (SSSR count). The molecule has 0 saturated carbocycles. The molecule has 0 radical (unpaired) electrons. The van der Waals surface area contributed by atoms with Crippen molar-refractivity contribution in [1.82, 2.24) is 14.4 Å². The maximum atomic E-state index is 10.9. The van der Waals surface area contributed by atoms with Crippen LogP contribution < -0.4 is 5.73 Å². The fraction of sp³-hybridized carbons (Fsp3) is 0.125. The third kappa shape index (κ3) is 2.68. The Kier molecular flexibility index (Phi) is 2.70. The number of rotatable bonds is 3. The van der Waals surface area contributed by atoms with Crippen molar-refractivity contribution in [2.75, 3.05) is 0 Å². The van der Waals surface area contributed by atoms with Crippen LogP contribution in [0.2, 0.25) is 0 Å². The molecule has 0 aliphatic carbocycles. The Morgan fingerprint density at radius 1 is 1.47 bits per heavy atom. The van der Waals surface area contributed by atoms with Gasteiger partial charge in [-0.3, -0.25) is 13.8 Å². The van der Waals surface area contributed by atoms with Gasteiger partial charge in [0, 0.05) is 12.4 Å². The minimum atomic E-state index is -4.17. The predicted molar refractivity (Wildman–Crippen MR) is 57.3 cm³/mol. The lowest BCUT2D eigenvalue weighted by atomic mass is 10.4. The summed E-state index contributed by atoms with van der Waals surface area (Å²) in [6.07, 6.45) is 2.43. The number of carbonyl (C=O) groups is 1. The van der Waals surface area contributed by atoms with E-state index >= 15 is 0 Å². The average molecular weight is 256 g/mol. The first-order valence-electron chi connectivity index (χ1n) is 4.54. The van der Waals surface area contributed by atoms with Crippen LogP contribution in [0.25, 0.3) is 5.78 Å². The summed E-state index contributed by atoms with van der Waals surface area (Å²) in [5.74, 6) is -0.517. The first-order chi connectivity index (χ1) is 7.85. The lowest BCUT2D eigenvalue weighted by molar-refractivity contribution is 0.0996. The van der Waals surface area contributed by atoms with Gasteiger partial charge in [-0.25, -0.2) is 9.97 Å². The fourth-order valence-electron chi connectivity index (χ4n) is 1.33. The van der Waals surface area contributed by atoms with E-state index in [4.69, 9.17) is 15.5 Å². The molecular formula is C8H9N4O4P. The van der Waals surface area contributed by atoms with E-state index in [9.17, 15) is 9.36 Å². The van der Waals surface area contributed by atoms with E-state index in [0.29, 0.717) is 0 Å². The van der Waals surface area contributed by atoms with Crippen LogP contribution in [0.15, 0.2) is 18.5 Å². The third-order valence-electron chi connectivity index (χ3n) is 2.00. The van der Waals surface area contributed by atoms with Crippen molar-refractivity contribution in [3.05, 3.63) is 29.8 Å². The van der Waals surface area contributed by atoms with E-state index in [2.05, 4.69) is 9.97 Å². The molecule has 8 nitrogen and oxygen atoms in total. The first-order valence-corrected chi connectivity index (χ1v) is 6.34. The van der Waals surface area contributed by atoms with Crippen molar-refractivity contribution in [3.8, 4) is 0 Å². The number of fused-ring (bicyclic) bond motifs is 1. The molecule has 90 valence electrons. The van der Waals surface area contributed by atoms with E-state index < -0.39 is 19.7 Å². The largest absolute Gasteiger partial charge is 0.364 e. The zero-order valence-electron chi connectivity index (χ0n) is 8.52. The lowest BCUT2D eigenvalue weighted by Crippen LogP contribution is -2.10. The highest BCUT2D eigenvalue weighted by Gasteiger charge is 2.16. The number of imidazole rings is 1. The maximum absolute atomic E-state index is 10.9. The van der Waals surface area contributed by atoms with Crippen molar-refractivity contribution in [3.63, 3.8) is 0 Å². The first kappa shape index (κ1) is 11.7. The standard InChI is InChI=1S/C8H9N4O4P/c9-7(13)6-3-12-2-1-5(4-17(14,15)16)10-8(12)11-6/h1-3H,4H2,(H2,9,13)(H2,14,15,16). The molecule has 0 bridgehead atoms. The highest BCUT2D eigenvalue weighted by molar-refractivity contribution is 7.50. The van der Waals surface area contributed by atoms with Gasteiger partial charge in [0.25, 0.3) is 5.91 Å². The fourth-order valence-corrected chi connectivity index (χ4v) is 1.92. The molecule has 2 aromatic heterocycles. The number of amides is 1. The molecule has 9 heteroatoms. The van der Waals surface area contributed by atoms with Gasteiger partial charge >= 0.3 is 7.60 Å². The average Bonchev–Trinajstić information content (AvgIpc) is 2.57. The maximum Gasteiger partial charge on any atom is 0.331 e. The van der Waals surface area contributed by atoms with Crippen LogP contribution in [0.4, 0.5) is 0 Å². The minimum absolute atomic E-state index is 0.0471. The van der Waals surface area contributed by atoms with Gasteiger partial charge in [-0.05, 0) is 6.07 Å². The summed E-state index contributed by atoms with van der Waals surface area (Å²) in [5, 5.41) is 0. The minimum Gasteiger partial charge on any atom is -0.364 e. The van der Waals surface area contributed by atoms with E-state index in [1.807, 2.05) is 0 Å². The Hall–Kier alpha value is -1.76. The van der Waals surface area contributed by atoms with E-state index in [1.165, 1.54) is 22.9 Å². The zero-order valence-corrected chi connectivity index (χ0v) is 9.41. The van der Waals surface area contributed by atoms with Crippen molar-refractivity contribution in [1.29, 1.82) is 0 Å². The number of hydrogen-bond acceptors (Lipinski definition) is 4. The van der Waals surface area contributed by atoms with Crippen molar-refractivity contribution in [2.24, 2.45) is 5.73 Å². The Labute approximate surface area is 95.3 Å². The number of aromatic nitrogens is 3. The molecule has 2 aromatic rings. The van der Waals surface area contributed by atoms with Crippen LogP contribution in [-0.2, 0) is 10.7 Å². The number of nitrogens with zero attached hydrogens (tertiary/aromatic N) is 3. The lowest BCUT2D eigenvalue weighted by Gasteiger charge is -2.02. The van der Waals surface area contributed by atoms with Gasteiger partial charge in [0.05, 0.1) is 11.9 Å². The van der Waals surface area contributed by atoms with Crippen molar-refractivity contribution < 1.29 is 19.1 Å². The number of nitrogens with two attached hydrogens (primary N) is 1. The summed E-state index contributed by atoms with van der Waals surface area (Å²) < 4.78 is 12.3. The van der Waals surface area contributed by atoms with Gasteiger partial charge in [-0.15, -0.1) is 0 Å². The highest BCUT2D eigenvalue weighted by atomic mass is 31.2. The van der Waals surface area contributed by atoms with Crippen LogP contribution in [-0.4, -0.2) is 30.1 Å². The molecule has 2 heterocycles. The monoisotopic (exact) mass is 256 g/mol. The van der Waals surface area contributed by atoms with Crippen molar-refractivity contribution >= 4 is 19.3 Å². The summed E-state index contributed by atoms with van der Waals surface area (Å²) in [7, 11) is -4.17. The summed E-state index contributed by atoms with van der Waals surface area (Å²) in [6.45, 7) is 0. The van der Waals surface area contributed by atoms with Crippen LogP contribution in [0.1, 0.15) is 16.2 Å². The molecule has 0 aliphatic rings. The SMILES string of the molecule is NC(=O)c1cn2ccc(CP(=O)(O)O)nc2n1. The molecule has 0 saturated heterocycles.